The molecule has 174 valence electrons. The number of aryl methyl sites for hydroxylation is 3. The molecule has 0 aliphatic heterocycles. The van der Waals surface area contributed by atoms with Crippen molar-refractivity contribution in [3.8, 4) is 0 Å². The van der Waals surface area contributed by atoms with Gasteiger partial charge in [-0.15, -0.1) is 0 Å². The molecule has 1 atom stereocenters. The van der Waals surface area contributed by atoms with E-state index in [4.69, 9.17) is 11.6 Å². The molecule has 0 heterocycles. The quantitative estimate of drug-likeness (QED) is 0.453. The second-order valence-corrected chi connectivity index (χ2v) is 10.4. The monoisotopic (exact) mass is 484 g/mol. The summed E-state index contributed by atoms with van der Waals surface area (Å²) in [7, 11) is -3.99. The fourth-order valence-electron chi connectivity index (χ4n) is 3.47. The number of hydrogen-bond donors (Lipinski definition) is 1. The zero-order valence-electron chi connectivity index (χ0n) is 19.3. The first-order valence-electron chi connectivity index (χ1n) is 10.9. The minimum Gasteiger partial charge on any atom is -0.348 e. The molecule has 33 heavy (non-hydrogen) atoms. The molecule has 7 heteroatoms. The molecule has 5 nitrogen and oxygen atoms in total. The Labute approximate surface area is 201 Å². The first kappa shape index (κ1) is 24.8. The van der Waals surface area contributed by atoms with Gasteiger partial charge in [0.05, 0.1) is 16.6 Å². The average molecular weight is 485 g/mol. The van der Waals surface area contributed by atoms with Crippen LogP contribution in [-0.2, 0) is 21.2 Å². The summed E-state index contributed by atoms with van der Waals surface area (Å²) in [5, 5.41) is 3.36. The maximum Gasteiger partial charge on any atom is 0.264 e. The van der Waals surface area contributed by atoms with Crippen LogP contribution in [0.2, 0.25) is 5.02 Å². The van der Waals surface area contributed by atoms with Crippen LogP contribution < -0.4 is 9.62 Å². The van der Waals surface area contributed by atoms with Gasteiger partial charge in [0, 0.05) is 5.02 Å². The van der Waals surface area contributed by atoms with Gasteiger partial charge in [0.1, 0.15) is 6.54 Å². The number of carbonyl (C=O) groups is 1. The van der Waals surface area contributed by atoms with Gasteiger partial charge < -0.3 is 5.32 Å². The van der Waals surface area contributed by atoms with Crippen molar-refractivity contribution in [3.05, 3.63) is 94.0 Å². The Kier molecular flexibility index (Phi) is 7.82. The van der Waals surface area contributed by atoms with E-state index in [2.05, 4.69) is 12.2 Å². The molecular weight excluding hydrogens is 456 g/mol. The van der Waals surface area contributed by atoms with Crippen LogP contribution in [-0.4, -0.2) is 20.9 Å². The molecule has 3 rings (SSSR count). The lowest BCUT2D eigenvalue weighted by Gasteiger charge is -2.26. The molecule has 0 aromatic heterocycles. The topological polar surface area (TPSA) is 66.5 Å². The molecule has 0 bridgehead atoms. The largest absolute Gasteiger partial charge is 0.348 e. The molecule has 0 aliphatic carbocycles. The lowest BCUT2D eigenvalue weighted by atomic mass is 10.1. The summed E-state index contributed by atoms with van der Waals surface area (Å²) >= 11 is 5.94. The standard InChI is InChI=1S/C26H29ClN2O3S/c1-5-21-7-9-22(10-8-21)20(4)28-26(30)17-29(24-13-6-18(2)19(3)16-24)33(31,32)25-14-11-23(27)12-15-25/h6-16,20H,5,17H2,1-4H3,(H,28,30)/t20-/m0/s1. The highest BCUT2D eigenvalue weighted by Gasteiger charge is 2.28. The van der Waals surface area contributed by atoms with Crippen molar-refractivity contribution in [1.29, 1.82) is 0 Å². The lowest BCUT2D eigenvalue weighted by molar-refractivity contribution is -0.120. The van der Waals surface area contributed by atoms with Gasteiger partial charge in [-0.3, -0.25) is 9.10 Å². The van der Waals surface area contributed by atoms with Crippen molar-refractivity contribution in [2.24, 2.45) is 0 Å². The number of hydrogen-bond acceptors (Lipinski definition) is 3. The molecule has 1 amide bonds. The van der Waals surface area contributed by atoms with Gasteiger partial charge in [0.15, 0.2) is 0 Å². The minimum atomic E-state index is -3.99. The van der Waals surface area contributed by atoms with Crippen molar-refractivity contribution in [3.63, 3.8) is 0 Å². The number of sulfonamides is 1. The van der Waals surface area contributed by atoms with E-state index in [-0.39, 0.29) is 17.5 Å². The fourth-order valence-corrected chi connectivity index (χ4v) is 5.01. The van der Waals surface area contributed by atoms with Crippen LogP contribution in [0.3, 0.4) is 0 Å². The third-order valence-corrected chi connectivity index (χ3v) is 7.77. The normalized spacial score (nSPS) is 12.3. The maximum absolute atomic E-state index is 13.5. The minimum absolute atomic E-state index is 0.0705. The molecule has 0 aliphatic rings. The SMILES string of the molecule is CCc1ccc([C@H](C)NC(=O)CN(c2ccc(C)c(C)c2)S(=O)(=O)c2ccc(Cl)cc2)cc1. The van der Waals surface area contributed by atoms with Crippen LogP contribution in [0.15, 0.2) is 71.6 Å². The first-order chi connectivity index (χ1) is 15.6. The summed E-state index contributed by atoms with van der Waals surface area (Å²) in [6, 6.07) is 19.1. The van der Waals surface area contributed by atoms with E-state index in [1.807, 2.05) is 51.1 Å². The summed E-state index contributed by atoms with van der Waals surface area (Å²) in [5.74, 6) is -0.391. The van der Waals surface area contributed by atoms with Crippen LogP contribution >= 0.6 is 11.6 Å². The van der Waals surface area contributed by atoms with Gasteiger partial charge in [0.25, 0.3) is 10.0 Å². The summed E-state index contributed by atoms with van der Waals surface area (Å²) in [5.41, 5.74) is 4.58. The smallest absolute Gasteiger partial charge is 0.264 e. The Bertz CT molecular complexity index is 1220. The molecule has 0 saturated carbocycles. The van der Waals surface area contributed by atoms with Crippen molar-refractivity contribution in [2.45, 2.75) is 45.1 Å². The third kappa shape index (κ3) is 5.95. The van der Waals surface area contributed by atoms with E-state index in [9.17, 15) is 13.2 Å². The van der Waals surface area contributed by atoms with Crippen LogP contribution in [0.1, 0.15) is 42.1 Å². The number of rotatable bonds is 8. The fraction of sp³-hybridized carbons (Fsp3) is 0.269. The maximum atomic E-state index is 13.5. The first-order valence-corrected chi connectivity index (χ1v) is 12.7. The Morgan fingerprint density at radius 2 is 1.61 bits per heavy atom. The van der Waals surface area contributed by atoms with Crippen LogP contribution in [0, 0.1) is 13.8 Å². The molecule has 0 spiro atoms. The van der Waals surface area contributed by atoms with E-state index >= 15 is 0 Å². The van der Waals surface area contributed by atoms with Gasteiger partial charge in [-0.05, 0) is 85.8 Å². The van der Waals surface area contributed by atoms with Crippen LogP contribution in [0.25, 0.3) is 0 Å². The molecule has 0 unspecified atom stereocenters. The van der Waals surface area contributed by atoms with E-state index < -0.39 is 15.9 Å². The zero-order chi connectivity index (χ0) is 24.2. The Morgan fingerprint density at radius 1 is 0.970 bits per heavy atom. The van der Waals surface area contributed by atoms with E-state index in [1.165, 1.54) is 29.8 Å². The predicted octanol–water partition coefficient (Wildman–Crippen LogP) is 5.59. The molecule has 3 aromatic carbocycles. The summed E-state index contributed by atoms with van der Waals surface area (Å²) in [6.07, 6.45) is 0.939. The Morgan fingerprint density at radius 3 is 2.18 bits per heavy atom. The van der Waals surface area contributed by atoms with E-state index in [0.29, 0.717) is 10.7 Å². The van der Waals surface area contributed by atoms with Crippen molar-refractivity contribution in [2.75, 3.05) is 10.8 Å². The molecule has 0 radical (unpaired) electrons. The molecule has 1 N–H and O–H groups in total. The van der Waals surface area contributed by atoms with E-state index in [1.54, 1.807) is 12.1 Å². The second kappa shape index (κ2) is 10.4. The molecule has 3 aromatic rings. The third-order valence-electron chi connectivity index (χ3n) is 5.73. The summed E-state index contributed by atoms with van der Waals surface area (Å²) in [4.78, 5) is 13.0. The second-order valence-electron chi connectivity index (χ2n) is 8.12. The Balaban J connectivity index is 1.89. The number of nitrogens with one attached hydrogen (secondary N) is 1. The summed E-state index contributed by atoms with van der Waals surface area (Å²) < 4.78 is 28.2. The number of amides is 1. The number of anilines is 1. The van der Waals surface area contributed by atoms with Gasteiger partial charge in [0.2, 0.25) is 5.91 Å². The van der Waals surface area contributed by atoms with Crippen LogP contribution in [0.5, 0.6) is 0 Å². The molecule has 0 fully saturated rings. The molecular formula is C26H29ClN2O3S. The average Bonchev–Trinajstić information content (AvgIpc) is 2.79. The predicted molar refractivity (Wildman–Crippen MR) is 134 cm³/mol. The zero-order valence-corrected chi connectivity index (χ0v) is 20.9. The number of nitrogens with zero attached hydrogens (tertiary/aromatic N) is 1. The van der Waals surface area contributed by atoms with Crippen molar-refractivity contribution >= 4 is 33.2 Å². The highest BCUT2D eigenvalue weighted by atomic mass is 35.5. The van der Waals surface area contributed by atoms with Gasteiger partial charge in [-0.1, -0.05) is 48.9 Å². The van der Waals surface area contributed by atoms with Crippen molar-refractivity contribution < 1.29 is 13.2 Å². The number of benzene rings is 3. The Hall–Kier alpha value is -2.83. The summed E-state index contributed by atoms with van der Waals surface area (Å²) in [6.45, 7) is 7.49. The highest BCUT2D eigenvalue weighted by Crippen LogP contribution is 2.26. The van der Waals surface area contributed by atoms with Gasteiger partial charge >= 0.3 is 0 Å². The number of halogens is 1. The molecule has 0 saturated heterocycles. The van der Waals surface area contributed by atoms with Crippen LogP contribution in [0.4, 0.5) is 5.69 Å². The van der Waals surface area contributed by atoms with Gasteiger partial charge in [-0.2, -0.15) is 0 Å². The van der Waals surface area contributed by atoms with Gasteiger partial charge in [-0.25, -0.2) is 8.42 Å². The highest BCUT2D eigenvalue weighted by molar-refractivity contribution is 7.92. The lowest BCUT2D eigenvalue weighted by Crippen LogP contribution is -2.41. The van der Waals surface area contributed by atoms with Crippen molar-refractivity contribution in [1.82, 2.24) is 5.32 Å². The van der Waals surface area contributed by atoms with E-state index in [0.717, 1.165) is 27.4 Å². The number of carbonyl (C=O) groups excluding carboxylic acids is 1.